The fourth-order valence-electron chi connectivity index (χ4n) is 1.71. The Kier molecular flexibility index (Phi) is 3.10. The summed E-state index contributed by atoms with van der Waals surface area (Å²) in [5, 5.41) is 0. The van der Waals surface area contributed by atoms with E-state index in [0.717, 1.165) is 23.5 Å². The predicted octanol–water partition coefficient (Wildman–Crippen LogP) is 1.62. The minimum Gasteiger partial charge on any atom is -0.487 e. The number of fused-ring (bicyclic) bond motifs is 1. The molecule has 0 bridgehead atoms. The molecule has 0 radical (unpaired) electrons. The van der Waals surface area contributed by atoms with Gasteiger partial charge in [0.2, 0.25) is 0 Å². The standard InChI is InChI=1S/C12H17N3O/c1-9(2)16-11-4-3-7-15-10(5-6-13)8-14-12(11)15/h3-4,7-9H,5-6,13H2,1-2H3. The number of pyridine rings is 1. The SMILES string of the molecule is CC(C)Oc1cccn2c(CCN)cnc12. The van der Waals surface area contributed by atoms with E-state index >= 15 is 0 Å². The lowest BCUT2D eigenvalue weighted by Crippen LogP contribution is -2.08. The van der Waals surface area contributed by atoms with Gasteiger partial charge in [0.1, 0.15) is 0 Å². The van der Waals surface area contributed by atoms with Gasteiger partial charge in [0.15, 0.2) is 11.4 Å². The van der Waals surface area contributed by atoms with Crippen molar-refractivity contribution in [2.75, 3.05) is 6.54 Å². The van der Waals surface area contributed by atoms with E-state index in [2.05, 4.69) is 4.98 Å². The number of rotatable bonds is 4. The second-order valence-electron chi connectivity index (χ2n) is 4.02. The lowest BCUT2D eigenvalue weighted by Gasteiger charge is -2.10. The van der Waals surface area contributed by atoms with Crippen LogP contribution >= 0.6 is 0 Å². The van der Waals surface area contributed by atoms with Crippen LogP contribution in [0.2, 0.25) is 0 Å². The summed E-state index contributed by atoms with van der Waals surface area (Å²) in [5.74, 6) is 0.820. The molecule has 0 aliphatic rings. The monoisotopic (exact) mass is 219 g/mol. The minimum absolute atomic E-state index is 0.154. The lowest BCUT2D eigenvalue weighted by molar-refractivity contribution is 0.244. The number of nitrogens with two attached hydrogens (primary N) is 1. The summed E-state index contributed by atoms with van der Waals surface area (Å²) in [7, 11) is 0. The highest BCUT2D eigenvalue weighted by Gasteiger charge is 2.08. The number of hydrogen-bond acceptors (Lipinski definition) is 3. The summed E-state index contributed by atoms with van der Waals surface area (Å²) in [4.78, 5) is 4.37. The molecular weight excluding hydrogens is 202 g/mol. The maximum absolute atomic E-state index is 5.70. The van der Waals surface area contributed by atoms with Gasteiger partial charge in [0.05, 0.1) is 6.10 Å². The molecule has 4 nitrogen and oxygen atoms in total. The average molecular weight is 219 g/mol. The molecule has 16 heavy (non-hydrogen) atoms. The van der Waals surface area contributed by atoms with Crippen LogP contribution in [0, 0.1) is 0 Å². The van der Waals surface area contributed by atoms with Crippen LogP contribution in [0.5, 0.6) is 5.75 Å². The number of hydrogen-bond donors (Lipinski definition) is 1. The highest BCUT2D eigenvalue weighted by atomic mass is 16.5. The van der Waals surface area contributed by atoms with Crippen LogP contribution in [-0.4, -0.2) is 22.0 Å². The molecule has 0 fully saturated rings. The molecule has 0 saturated carbocycles. The van der Waals surface area contributed by atoms with Gasteiger partial charge in [-0.05, 0) is 32.5 Å². The molecule has 0 spiro atoms. The molecule has 86 valence electrons. The van der Waals surface area contributed by atoms with Gasteiger partial charge in [0, 0.05) is 24.5 Å². The number of aromatic nitrogens is 2. The third kappa shape index (κ3) is 2.02. The first-order valence-electron chi connectivity index (χ1n) is 5.54. The Morgan fingerprint density at radius 1 is 1.50 bits per heavy atom. The first-order valence-corrected chi connectivity index (χ1v) is 5.54. The van der Waals surface area contributed by atoms with E-state index < -0.39 is 0 Å². The quantitative estimate of drug-likeness (QED) is 0.850. The second kappa shape index (κ2) is 4.53. The average Bonchev–Trinajstić information content (AvgIpc) is 2.63. The van der Waals surface area contributed by atoms with Crippen molar-refractivity contribution in [1.29, 1.82) is 0 Å². The molecule has 2 aromatic rings. The van der Waals surface area contributed by atoms with E-state index in [9.17, 15) is 0 Å². The number of ether oxygens (including phenoxy) is 1. The summed E-state index contributed by atoms with van der Waals surface area (Å²) in [5.41, 5.74) is 7.54. The molecule has 2 heterocycles. The second-order valence-corrected chi connectivity index (χ2v) is 4.02. The van der Waals surface area contributed by atoms with Crippen LogP contribution in [0.3, 0.4) is 0 Å². The molecule has 2 N–H and O–H groups in total. The van der Waals surface area contributed by atoms with Crippen molar-refractivity contribution in [3.63, 3.8) is 0 Å². The summed E-state index contributed by atoms with van der Waals surface area (Å²) in [6.45, 7) is 4.64. The van der Waals surface area contributed by atoms with Gasteiger partial charge in [-0.25, -0.2) is 4.98 Å². The summed E-state index contributed by atoms with van der Waals surface area (Å²) < 4.78 is 7.74. The molecule has 4 heteroatoms. The van der Waals surface area contributed by atoms with Gasteiger partial charge in [-0.2, -0.15) is 0 Å². The van der Waals surface area contributed by atoms with Gasteiger partial charge >= 0.3 is 0 Å². The Morgan fingerprint density at radius 2 is 2.31 bits per heavy atom. The van der Waals surface area contributed by atoms with Gasteiger partial charge in [0.25, 0.3) is 0 Å². The van der Waals surface area contributed by atoms with Gasteiger partial charge < -0.3 is 14.9 Å². The zero-order valence-electron chi connectivity index (χ0n) is 9.68. The van der Waals surface area contributed by atoms with E-state index in [-0.39, 0.29) is 6.10 Å². The molecule has 0 aliphatic heterocycles. The molecule has 0 aromatic carbocycles. The molecule has 0 unspecified atom stereocenters. The van der Waals surface area contributed by atoms with E-state index in [1.165, 1.54) is 0 Å². The molecule has 2 aromatic heterocycles. The lowest BCUT2D eigenvalue weighted by atomic mass is 10.3. The molecular formula is C12H17N3O. The van der Waals surface area contributed by atoms with E-state index in [1.807, 2.05) is 42.8 Å². The van der Waals surface area contributed by atoms with Crippen LogP contribution < -0.4 is 10.5 Å². The topological polar surface area (TPSA) is 52.5 Å². The van der Waals surface area contributed by atoms with Crippen molar-refractivity contribution in [1.82, 2.24) is 9.38 Å². The van der Waals surface area contributed by atoms with Crippen molar-refractivity contribution in [2.24, 2.45) is 5.73 Å². The molecule has 0 saturated heterocycles. The molecule has 0 aliphatic carbocycles. The van der Waals surface area contributed by atoms with E-state index in [4.69, 9.17) is 10.5 Å². The van der Waals surface area contributed by atoms with Crippen LogP contribution in [0.1, 0.15) is 19.5 Å². The van der Waals surface area contributed by atoms with Crippen molar-refractivity contribution in [3.05, 3.63) is 30.2 Å². The predicted molar refractivity (Wildman–Crippen MR) is 63.7 cm³/mol. The molecule has 0 amide bonds. The fraction of sp³-hybridized carbons (Fsp3) is 0.417. The maximum Gasteiger partial charge on any atom is 0.179 e. The zero-order valence-corrected chi connectivity index (χ0v) is 9.68. The normalized spacial score (nSPS) is 11.2. The van der Waals surface area contributed by atoms with Crippen LogP contribution in [0.4, 0.5) is 0 Å². The summed E-state index contributed by atoms with van der Waals surface area (Å²) >= 11 is 0. The third-order valence-electron chi connectivity index (χ3n) is 2.34. The first-order chi connectivity index (χ1) is 7.72. The molecule has 2 rings (SSSR count). The Morgan fingerprint density at radius 3 is 3.00 bits per heavy atom. The highest BCUT2D eigenvalue weighted by Crippen LogP contribution is 2.20. The van der Waals surface area contributed by atoms with E-state index in [0.29, 0.717) is 6.54 Å². The summed E-state index contributed by atoms with van der Waals surface area (Å²) in [6.07, 6.45) is 4.82. The van der Waals surface area contributed by atoms with Crippen molar-refractivity contribution < 1.29 is 4.74 Å². The Labute approximate surface area is 95.0 Å². The smallest absolute Gasteiger partial charge is 0.179 e. The zero-order chi connectivity index (χ0) is 11.5. The number of nitrogens with zero attached hydrogens (tertiary/aromatic N) is 2. The van der Waals surface area contributed by atoms with Crippen molar-refractivity contribution in [3.8, 4) is 5.75 Å². The van der Waals surface area contributed by atoms with Crippen LogP contribution in [-0.2, 0) is 6.42 Å². The van der Waals surface area contributed by atoms with Crippen molar-refractivity contribution in [2.45, 2.75) is 26.4 Å². The summed E-state index contributed by atoms with van der Waals surface area (Å²) in [6, 6.07) is 3.90. The Bertz CT molecular complexity index is 476. The van der Waals surface area contributed by atoms with Gasteiger partial charge in [-0.3, -0.25) is 0 Å². The fourth-order valence-corrected chi connectivity index (χ4v) is 1.71. The largest absolute Gasteiger partial charge is 0.487 e. The first kappa shape index (κ1) is 11.0. The third-order valence-corrected chi connectivity index (χ3v) is 2.34. The van der Waals surface area contributed by atoms with E-state index in [1.54, 1.807) is 0 Å². The van der Waals surface area contributed by atoms with Crippen molar-refractivity contribution >= 4 is 5.65 Å². The minimum atomic E-state index is 0.154. The van der Waals surface area contributed by atoms with Crippen LogP contribution in [0.25, 0.3) is 5.65 Å². The Balaban J connectivity index is 2.44. The van der Waals surface area contributed by atoms with Gasteiger partial charge in [-0.1, -0.05) is 0 Å². The maximum atomic E-state index is 5.70. The van der Waals surface area contributed by atoms with Crippen LogP contribution in [0.15, 0.2) is 24.5 Å². The Hall–Kier alpha value is -1.55. The highest BCUT2D eigenvalue weighted by molar-refractivity contribution is 5.54. The molecule has 0 atom stereocenters. The van der Waals surface area contributed by atoms with Gasteiger partial charge in [-0.15, -0.1) is 0 Å². The number of imidazole rings is 1.